The summed E-state index contributed by atoms with van der Waals surface area (Å²) in [6.45, 7) is 2.34. The number of rotatable bonds is 7. The molecule has 1 aromatic carbocycles. The second-order valence-corrected chi connectivity index (χ2v) is 3.83. The minimum absolute atomic E-state index is 0.0438. The number of amides is 1. The van der Waals surface area contributed by atoms with Gasteiger partial charge >= 0.3 is 5.97 Å². The van der Waals surface area contributed by atoms with Gasteiger partial charge in [0, 0.05) is 13.0 Å². The topological polar surface area (TPSA) is 95.9 Å². The van der Waals surface area contributed by atoms with Crippen LogP contribution >= 0.6 is 0 Å². The van der Waals surface area contributed by atoms with Crippen LogP contribution in [-0.2, 0) is 4.79 Å². The van der Waals surface area contributed by atoms with Crippen LogP contribution in [0.25, 0.3) is 0 Å². The summed E-state index contributed by atoms with van der Waals surface area (Å²) in [4.78, 5) is 22.3. The number of carbonyl (C=O) groups is 2. The van der Waals surface area contributed by atoms with Crippen molar-refractivity contribution >= 4 is 11.9 Å². The van der Waals surface area contributed by atoms with E-state index in [0.717, 1.165) is 0 Å². The van der Waals surface area contributed by atoms with Crippen LogP contribution in [0, 0.1) is 0 Å². The third-order valence-corrected chi connectivity index (χ3v) is 2.42. The van der Waals surface area contributed by atoms with Crippen molar-refractivity contribution < 1.29 is 24.5 Å². The Morgan fingerprint density at radius 3 is 2.68 bits per heavy atom. The van der Waals surface area contributed by atoms with Crippen LogP contribution in [0.1, 0.15) is 23.7 Å². The van der Waals surface area contributed by atoms with Crippen LogP contribution in [0.15, 0.2) is 24.3 Å². The average molecular weight is 267 g/mol. The molecule has 19 heavy (non-hydrogen) atoms. The first kappa shape index (κ1) is 15.0. The average Bonchev–Trinajstić information content (AvgIpc) is 2.39. The number of hydrogen-bond acceptors (Lipinski definition) is 4. The lowest BCUT2D eigenvalue weighted by molar-refractivity contribution is -0.146. The van der Waals surface area contributed by atoms with Crippen molar-refractivity contribution in [1.29, 1.82) is 0 Å². The summed E-state index contributed by atoms with van der Waals surface area (Å²) in [5.74, 6) is -1.19. The molecule has 6 heteroatoms. The molecule has 6 nitrogen and oxygen atoms in total. The molecule has 0 heterocycles. The molecule has 104 valence electrons. The Morgan fingerprint density at radius 1 is 1.37 bits per heavy atom. The maximum absolute atomic E-state index is 11.9. The fourth-order valence-corrected chi connectivity index (χ4v) is 1.48. The SMILES string of the molecule is CCOc1ccccc1C(=O)NCC[C@H](O)C(=O)O. The van der Waals surface area contributed by atoms with E-state index in [2.05, 4.69) is 5.32 Å². The summed E-state index contributed by atoms with van der Waals surface area (Å²) in [6.07, 6.45) is -1.51. The Morgan fingerprint density at radius 2 is 2.05 bits per heavy atom. The van der Waals surface area contributed by atoms with Gasteiger partial charge in [0.2, 0.25) is 0 Å². The lowest BCUT2D eigenvalue weighted by Gasteiger charge is -2.11. The Labute approximate surface area is 111 Å². The first-order chi connectivity index (χ1) is 9.06. The summed E-state index contributed by atoms with van der Waals surface area (Å²) in [5.41, 5.74) is 0.383. The highest BCUT2D eigenvalue weighted by Gasteiger charge is 2.15. The maximum Gasteiger partial charge on any atom is 0.332 e. The van der Waals surface area contributed by atoms with Gasteiger partial charge in [-0.3, -0.25) is 4.79 Å². The molecule has 0 aliphatic rings. The zero-order valence-electron chi connectivity index (χ0n) is 10.6. The normalized spacial score (nSPS) is 11.7. The van der Waals surface area contributed by atoms with Crippen molar-refractivity contribution in [2.75, 3.05) is 13.2 Å². The second kappa shape index (κ2) is 7.38. The number of benzene rings is 1. The number of aliphatic hydroxyl groups excluding tert-OH is 1. The Kier molecular flexibility index (Phi) is 5.81. The number of hydrogen-bond donors (Lipinski definition) is 3. The molecule has 0 spiro atoms. The van der Waals surface area contributed by atoms with Gasteiger partial charge in [-0.1, -0.05) is 12.1 Å². The third-order valence-electron chi connectivity index (χ3n) is 2.42. The van der Waals surface area contributed by atoms with E-state index in [9.17, 15) is 9.59 Å². The van der Waals surface area contributed by atoms with Crippen molar-refractivity contribution in [1.82, 2.24) is 5.32 Å². The van der Waals surface area contributed by atoms with Crippen LogP contribution < -0.4 is 10.1 Å². The molecule has 0 aromatic heterocycles. The molecule has 0 radical (unpaired) electrons. The molecular weight excluding hydrogens is 250 g/mol. The minimum atomic E-state index is -1.47. The zero-order valence-corrected chi connectivity index (χ0v) is 10.6. The van der Waals surface area contributed by atoms with E-state index in [1.807, 2.05) is 6.92 Å². The number of nitrogens with one attached hydrogen (secondary N) is 1. The molecule has 1 atom stereocenters. The molecule has 1 rings (SSSR count). The van der Waals surface area contributed by atoms with E-state index in [1.54, 1.807) is 24.3 Å². The van der Waals surface area contributed by atoms with Gasteiger partial charge in [0.05, 0.1) is 12.2 Å². The van der Waals surface area contributed by atoms with E-state index in [4.69, 9.17) is 14.9 Å². The van der Waals surface area contributed by atoms with Crippen LogP contribution in [0.2, 0.25) is 0 Å². The third kappa shape index (κ3) is 4.59. The second-order valence-electron chi connectivity index (χ2n) is 3.83. The van der Waals surface area contributed by atoms with Gasteiger partial charge < -0.3 is 20.3 Å². The van der Waals surface area contributed by atoms with E-state index in [1.165, 1.54) is 0 Å². The van der Waals surface area contributed by atoms with Crippen LogP contribution in [-0.4, -0.2) is 41.3 Å². The van der Waals surface area contributed by atoms with Crippen LogP contribution in [0.3, 0.4) is 0 Å². The van der Waals surface area contributed by atoms with Crippen molar-refractivity contribution in [3.05, 3.63) is 29.8 Å². The van der Waals surface area contributed by atoms with E-state index in [-0.39, 0.29) is 18.9 Å². The molecule has 0 aliphatic heterocycles. The van der Waals surface area contributed by atoms with Gasteiger partial charge in [0.25, 0.3) is 5.91 Å². The number of carboxylic acids is 1. The van der Waals surface area contributed by atoms with Gasteiger partial charge in [0.1, 0.15) is 5.75 Å². The van der Waals surface area contributed by atoms with Crippen molar-refractivity contribution in [2.45, 2.75) is 19.4 Å². The van der Waals surface area contributed by atoms with Crippen molar-refractivity contribution in [3.8, 4) is 5.75 Å². The number of aliphatic carboxylic acids is 1. The molecule has 0 bridgehead atoms. The molecule has 1 amide bonds. The highest BCUT2D eigenvalue weighted by molar-refractivity contribution is 5.96. The van der Waals surface area contributed by atoms with Gasteiger partial charge in [-0.25, -0.2) is 4.79 Å². The van der Waals surface area contributed by atoms with Crippen LogP contribution in [0.4, 0.5) is 0 Å². The molecule has 0 saturated heterocycles. The summed E-state index contributed by atoms with van der Waals surface area (Å²) < 4.78 is 5.32. The Balaban J connectivity index is 2.56. The lowest BCUT2D eigenvalue weighted by Crippen LogP contribution is -2.30. The largest absolute Gasteiger partial charge is 0.493 e. The molecule has 0 unspecified atom stereocenters. The number of carbonyl (C=O) groups excluding carboxylic acids is 1. The molecule has 0 aliphatic carbocycles. The lowest BCUT2D eigenvalue weighted by atomic mass is 10.2. The van der Waals surface area contributed by atoms with Crippen LogP contribution in [0.5, 0.6) is 5.75 Å². The quantitative estimate of drug-likeness (QED) is 0.674. The number of para-hydroxylation sites is 1. The van der Waals surface area contributed by atoms with E-state index in [0.29, 0.717) is 17.9 Å². The minimum Gasteiger partial charge on any atom is -0.493 e. The number of ether oxygens (including phenoxy) is 1. The predicted molar refractivity (Wildman–Crippen MR) is 68.2 cm³/mol. The maximum atomic E-state index is 11.9. The standard InChI is InChI=1S/C13H17NO5/c1-2-19-11-6-4-3-5-9(11)12(16)14-8-7-10(15)13(17)18/h3-6,10,15H,2,7-8H2,1H3,(H,14,16)(H,17,18)/t10-/m0/s1. The fourth-order valence-electron chi connectivity index (χ4n) is 1.48. The Hall–Kier alpha value is -2.08. The number of aliphatic hydroxyl groups is 1. The first-order valence-electron chi connectivity index (χ1n) is 5.97. The highest BCUT2D eigenvalue weighted by atomic mass is 16.5. The molecular formula is C13H17NO5. The van der Waals surface area contributed by atoms with Gasteiger partial charge in [-0.2, -0.15) is 0 Å². The first-order valence-corrected chi connectivity index (χ1v) is 5.97. The summed E-state index contributed by atoms with van der Waals surface area (Å²) in [5, 5.41) is 20.1. The monoisotopic (exact) mass is 267 g/mol. The van der Waals surface area contributed by atoms with Gasteiger partial charge in [0.15, 0.2) is 6.10 Å². The zero-order chi connectivity index (χ0) is 14.3. The van der Waals surface area contributed by atoms with E-state index < -0.39 is 12.1 Å². The molecule has 3 N–H and O–H groups in total. The number of carboxylic acid groups (broad SMARTS) is 1. The summed E-state index contributed by atoms with van der Waals surface area (Å²) >= 11 is 0. The fraction of sp³-hybridized carbons (Fsp3) is 0.385. The molecule has 0 saturated carbocycles. The summed E-state index contributed by atoms with van der Waals surface area (Å²) in [6, 6.07) is 6.78. The van der Waals surface area contributed by atoms with Crippen molar-refractivity contribution in [3.63, 3.8) is 0 Å². The Bertz CT molecular complexity index is 446. The molecule has 1 aromatic rings. The summed E-state index contributed by atoms with van der Waals surface area (Å²) in [7, 11) is 0. The van der Waals surface area contributed by atoms with Gasteiger partial charge in [-0.05, 0) is 19.1 Å². The highest BCUT2D eigenvalue weighted by Crippen LogP contribution is 2.17. The predicted octanol–water partition coefficient (Wildman–Crippen LogP) is 0.651. The van der Waals surface area contributed by atoms with E-state index >= 15 is 0 Å². The molecule has 0 fully saturated rings. The van der Waals surface area contributed by atoms with Gasteiger partial charge in [-0.15, -0.1) is 0 Å². The smallest absolute Gasteiger partial charge is 0.332 e. The van der Waals surface area contributed by atoms with Crippen molar-refractivity contribution in [2.24, 2.45) is 0 Å².